The van der Waals surface area contributed by atoms with Gasteiger partial charge in [0.2, 0.25) is 5.90 Å². The van der Waals surface area contributed by atoms with E-state index >= 15 is 0 Å². The van der Waals surface area contributed by atoms with Crippen LogP contribution < -0.4 is 9.47 Å². The van der Waals surface area contributed by atoms with E-state index in [2.05, 4.69) is 25.7 Å². The Balaban J connectivity index is 1.91. The molecule has 0 fully saturated rings. The predicted molar refractivity (Wildman–Crippen MR) is 110 cm³/mol. The molecular formula is C21H18BrNO6. The van der Waals surface area contributed by atoms with Gasteiger partial charge in [0.05, 0.1) is 18.2 Å². The highest BCUT2D eigenvalue weighted by Gasteiger charge is 2.24. The number of halogens is 1. The molecule has 1 aliphatic rings. The van der Waals surface area contributed by atoms with Crippen LogP contribution in [0.5, 0.6) is 11.5 Å². The van der Waals surface area contributed by atoms with Gasteiger partial charge in [0.25, 0.3) is 0 Å². The first kappa shape index (κ1) is 20.6. The molecule has 0 unspecified atom stereocenters. The molecule has 29 heavy (non-hydrogen) atoms. The molecule has 1 heterocycles. The SMILES string of the molecule is CCOc1cc(/C=C2\N=C(c3ccccc3)OC2=O)cc(Br)c1OCC(=O)OC. The fourth-order valence-corrected chi connectivity index (χ4v) is 3.11. The molecule has 0 aliphatic carbocycles. The summed E-state index contributed by atoms with van der Waals surface area (Å²) in [5.74, 6) is -0.0203. The number of methoxy groups -OCH3 is 1. The second kappa shape index (κ2) is 9.38. The van der Waals surface area contributed by atoms with Gasteiger partial charge in [-0.3, -0.25) is 0 Å². The summed E-state index contributed by atoms with van der Waals surface area (Å²) >= 11 is 3.41. The number of ether oxygens (including phenoxy) is 4. The monoisotopic (exact) mass is 459 g/mol. The van der Waals surface area contributed by atoms with Crippen molar-refractivity contribution < 1.29 is 28.5 Å². The number of cyclic esters (lactones) is 1. The predicted octanol–water partition coefficient (Wildman–Crippen LogP) is 3.74. The summed E-state index contributed by atoms with van der Waals surface area (Å²) in [6.07, 6.45) is 1.59. The molecule has 0 saturated carbocycles. The van der Waals surface area contributed by atoms with Crippen LogP contribution in [-0.2, 0) is 19.1 Å². The van der Waals surface area contributed by atoms with E-state index in [0.29, 0.717) is 33.7 Å². The number of hydrogen-bond donors (Lipinski definition) is 0. The van der Waals surface area contributed by atoms with E-state index in [1.165, 1.54) is 7.11 Å². The van der Waals surface area contributed by atoms with Crippen molar-refractivity contribution in [1.82, 2.24) is 0 Å². The van der Waals surface area contributed by atoms with Gasteiger partial charge < -0.3 is 18.9 Å². The van der Waals surface area contributed by atoms with Crippen molar-refractivity contribution in [3.05, 3.63) is 63.8 Å². The quantitative estimate of drug-likeness (QED) is 0.463. The van der Waals surface area contributed by atoms with E-state index < -0.39 is 11.9 Å². The zero-order chi connectivity index (χ0) is 20.8. The number of esters is 2. The third-order valence-electron chi connectivity index (χ3n) is 3.84. The number of hydrogen-bond acceptors (Lipinski definition) is 7. The highest BCUT2D eigenvalue weighted by atomic mass is 79.9. The molecule has 0 spiro atoms. The second-order valence-corrected chi connectivity index (χ2v) is 6.68. The lowest BCUT2D eigenvalue weighted by molar-refractivity contribution is -0.143. The molecular weight excluding hydrogens is 442 g/mol. The summed E-state index contributed by atoms with van der Waals surface area (Å²) in [4.78, 5) is 27.9. The fourth-order valence-electron chi connectivity index (χ4n) is 2.54. The van der Waals surface area contributed by atoms with Crippen molar-refractivity contribution in [2.75, 3.05) is 20.3 Å². The van der Waals surface area contributed by atoms with Gasteiger partial charge in [-0.25, -0.2) is 14.6 Å². The summed E-state index contributed by atoms with van der Waals surface area (Å²) in [5.41, 5.74) is 1.53. The molecule has 0 radical (unpaired) electrons. The van der Waals surface area contributed by atoms with Crippen LogP contribution in [0.4, 0.5) is 0 Å². The standard InChI is InChI=1S/C21H18BrNO6/c1-3-27-17-11-13(9-15(22)19(17)28-12-18(24)26-2)10-16-21(25)29-20(23-16)14-7-5-4-6-8-14/h4-11H,3,12H2,1-2H3/b16-10-. The molecule has 0 amide bonds. The van der Waals surface area contributed by atoms with Crippen LogP contribution in [0.2, 0.25) is 0 Å². The minimum absolute atomic E-state index is 0.168. The fraction of sp³-hybridized carbons (Fsp3) is 0.190. The summed E-state index contributed by atoms with van der Waals surface area (Å²) in [6.45, 7) is 1.96. The van der Waals surface area contributed by atoms with Crippen LogP contribution in [0.25, 0.3) is 6.08 Å². The minimum Gasteiger partial charge on any atom is -0.490 e. The Morgan fingerprint density at radius 2 is 1.97 bits per heavy atom. The molecule has 0 N–H and O–H groups in total. The van der Waals surface area contributed by atoms with Gasteiger partial charge in [-0.15, -0.1) is 0 Å². The number of benzene rings is 2. The number of carbonyl (C=O) groups excluding carboxylic acids is 2. The minimum atomic E-state index is -0.538. The van der Waals surface area contributed by atoms with Gasteiger partial charge in [0.15, 0.2) is 23.8 Å². The summed E-state index contributed by atoms with van der Waals surface area (Å²) in [6, 6.07) is 12.6. The van der Waals surface area contributed by atoms with Crippen LogP contribution in [-0.4, -0.2) is 38.2 Å². The Morgan fingerprint density at radius 1 is 1.21 bits per heavy atom. The second-order valence-electron chi connectivity index (χ2n) is 5.83. The van der Waals surface area contributed by atoms with Crippen LogP contribution in [0.1, 0.15) is 18.1 Å². The average molecular weight is 460 g/mol. The molecule has 0 saturated heterocycles. The van der Waals surface area contributed by atoms with Gasteiger partial charge in [0.1, 0.15) is 0 Å². The van der Waals surface area contributed by atoms with Crippen molar-refractivity contribution in [1.29, 1.82) is 0 Å². The van der Waals surface area contributed by atoms with Gasteiger partial charge in [-0.2, -0.15) is 0 Å². The maximum absolute atomic E-state index is 12.2. The molecule has 0 bridgehead atoms. The van der Waals surface area contributed by atoms with E-state index in [1.807, 2.05) is 37.3 Å². The molecule has 3 rings (SSSR count). The molecule has 2 aromatic carbocycles. The highest BCUT2D eigenvalue weighted by molar-refractivity contribution is 9.10. The molecule has 0 atom stereocenters. The van der Waals surface area contributed by atoms with Crippen molar-refractivity contribution >= 4 is 39.8 Å². The van der Waals surface area contributed by atoms with Gasteiger partial charge in [-0.1, -0.05) is 18.2 Å². The maximum atomic E-state index is 12.2. The number of carbonyl (C=O) groups is 2. The van der Waals surface area contributed by atoms with Gasteiger partial charge in [-0.05, 0) is 58.8 Å². The van der Waals surface area contributed by atoms with Crippen molar-refractivity contribution in [3.63, 3.8) is 0 Å². The van der Waals surface area contributed by atoms with E-state index in [1.54, 1.807) is 18.2 Å². The lowest BCUT2D eigenvalue weighted by atomic mass is 10.1. The van der Waals surface area contributed by atoms with Crippen LogP contribution in [0, 0.1) is 0 Å². The third-order valence-corrected chi connectivity index (χ3v) is 4.43. The normalized spacial score (nSPS) is 14.4. The summed E-state index contributed by atoms with van der Waals surface area (Å²) in [5, 5.41) is 0. The Hall–Kier alpha value is -3.13. The van der Waals surface area contributed by atoms with E-state index in [-0.39, 0.29) is 18.2 Å². The first-order chi connectivity index (χ1) is 14.0. The summed E-state index contributed by atoms with van der Waals surface area (Å²) in [7, 11) is 1.28. The third kappa shape index (κ3) is 5.03. The molecule has 0 aromatic heterocycles. The van der Waals surface area contributed by atoms with Crippen molar-refractivity contribution in [3.8, 4) is 11.5 Å². The van der Waals surface area contributed by atoms with Crippen LogP contribution in [0.15, 0.2) is 57.6 Å². The smallest absolute Gasteiger partial charge is 0.363 e. The maximum Gasteiger partial charge on any atom is 0.363 e. The number of rotatable bonds is 7. The first-order valence-corrected chi connectivity index (χ1v) is 9.55. The van der Waals surface area contributed by atoms with Gasteiger partial charge in [0, 0.05) is 5.56 Å². The van der Waals surface area contributed by atoms with Crippen molar-refractivity contribution in [2.45, 2.75) is 6.92 Å². The lowest BCUT2D eigenvalue weighted by Gasteiger charge is -2.14. The largest absolute Gasteiger partial charge is 0.490 e. The highest BCUT2D eigenvalue weighted by Crippen LogP contribution is 2.38. The molecule has 8 heteroatoms. The summed E-state index contributed by atoms with van der Waals surface area (Å²) < 4.78 is 21.5. The van der Waals surface area contributed by atoms with Crippen molar-refractivity contribution in [2.24, 2.45) is 4.99 Å². The lowest BCUT2D eigenvalue weighted by Crippen LogP contribution is -2.13. The van der Waals surface area contributed by atoms with Crippen LogP contribution in [0.3, 0.4) is 0 Å². The number of nitrogens with zero attached hydrogens (tertiary/aromatic N) is 1. The number of aliphatic imine (C=N–C) groups is 1. The molecule has 1 aliphatic heterocycles. The van der Waals surface area contributed by atoms with E-state index in [9.17, 15) is 9.59 Å². The Morgan fingerprint density at radius 3 is 2.66 bits per heavy atom. The van der Waals surface area contributed by atoms with E-state index in [0.717, 1.165) is 0 Å². The molecule has 7 nitrogen and oxygen atoms in total. The van der Waals surface area contributed by atoms with E-state index in [4.69, 9.17) is 14.2 Å². The Bertz CT molecular complexity index is 984. The molecule has 150 valence electrons. The molecule has 2 aromatic rings. The Kier molecular flexibility index (Phi) is 6.66. The van der Waals surface area contributed by atoms with Gasteiger partial charge >= 0.3 is 11.9 Å². The first-order valence-electron chi connectivity index (χ1n) is 8.75. The Labute approximate surface area is 176 Å². The van der Waals surface area contributed by atoms with Crippen LogP contribution >= 0.6 is 15.9 Å². The average Bonchev–Trinajstić information content (AvgIpc) is 3.08. The topological polar surface area (TPSA) is 83.4 Å². The zero-order valence-corrected chi connectivity index (χ0v) is 17.4. The zero-order valence-electron chi connectivity index (χ0n) is 15.8.